The minimum absolute atomic E-state index is 0.112. The molecule has 0 aliphatic heterocycles. The molecule has 124 valence electrons. The van der Waals surface area contributed by atoms with Gasteiger partial charge in [-0.2, -0.15) is 5.10 Å². The molecule has 24 heavy (non-hydrogen) atoms. The maximum absolute atomic E-state index is 12.4. The van der Waals surface area contributed by atoms with E-state index in [1.807, 2.05) is 23.9 Å². The second kappa shape index (κ2) is 7.31. The Labute approximate surface area is 143 Å². The van der Waals surface area contributed by atoms with Crippen LogP contribution in [-0.2, 0) is 6.54 Å². The van der Waals surface area contributed by atoms with Crippen molar-refractivity contribution in [2.45, 2.75) is 20.4 Å². The lowest BCUT2D eigenvalue weighted by atomic mass is 10.2. The Hall–Kier alpha value is -2.61. The van der Waals surface area contributed by atoms with E-state index in [1.54, 1.807) is 24.7 Å². The molecule has 1 atom stereocenters. The van der Waals surface area contributed by atoms with Crippen LogP contribution in [-0.4, -0.2) is 37.2 Å². The maximum atomic E-state index is 12.4. The second-order valence-electron chi connectivity index (χ2n) is 5.55. The average molecular weight is 342 g/mol. The molecular weight excluding hydrogens is 324 g/mol. The van der Waals surface area contributed by atoms with Crippen molar-refractivity contribution in [3.8, 4) is 10.8 Å². The zero-order valence-electron chi connectivity index (χ0n) is 13.5. The van der Waals surface area contributed by atoms with Crippen LogP contribution in [0.4, 0.5) is 0 Å². The van der Waals surface area contributed by atoms with Crippen molar-refractivity contribution in [1.82, 2.24) is 30.0 Å². The molecule has 3 rings (SSSR count). The zero-order valence-corrected chi connectivity index (χ0v) is 14.3. The number of aromatic nitrogens is 5. The van der Waals surface area contributed by atoms with E-state index in [2.05, 4.69) is 32.3 Å². The molecule has 0 aliphatic rings. The van der Waals surface area contributed by atoms with E-state index in [1.165, 1.54) is 11.3 Å². The van der Waals surface area contributed by atoms with Gasteiger partial charge < -0.3 is 5.32 Å². The van der Waals surface area contributed by atoms with Crippen molar-refractivity contribution in [2.24, 2.45) is 5.92 Å². The molecule has 8 heteroatoms. The van der Waals surface area contributed by atoms with Crippen LogP contribution in [0.1, 0.15) is 22.3 Å². The van der Waals surface area contributed by atoms with Crippen LogP contribution in [0.5, 0.6) is 0 Å². The van der Waals surface area contributed by atoms with Gasteiger partial charge in [-0.1, -0.05) is 6.92 Å². The summed E-state index contributed by atoms with van der Waals surface area (Å²) in [7, 11) is 0. The SMILES string of the molecule is Cc1nc(-c2ncccn2)sc1C(=O)NCC(C)Cn1cccn1. The summed E-state index contributed by atoms with van der Waals surface area (Å²) in [6.07, 6.45) is 6.99. The molecule has 0 fully saturated rings. The van der Waals surface area contributed by atoms with Crippen molar-refractivity contribution in [2.75, 3.05) is 6.54 Å². The molecule has 1 unspecified atom stereocenters. The number of hydrogen-bond donors (Lipinski definition) is 1. The highest BCUT2D eigenvalue weighted by molar-refractivity contribution is 7.17. The number of carbonyl (C=O) groups is 1. The summed E-state index contributed by atoms with van der Waals surface area (Å²) in [5.41, 5.74) is 0.694. The van der Waals surface area contributed by atoms with E-state index in [4.69, 9.17) is 0 Å². The van der Waals surface area contributed by atoms with Gasteiger partial charge in [0, 0.05) is 37.9 Å². The smallest absolute Gasteiger partial charge is 0.263 e. The van der Waals surface area contributed by atoms with Gasteiger partial charge in [0.15, 0.2) is 10.8 Å². The Bertz CT molecular complexity index is 799. The number of rotatable bonds is 6. The third-order valence-electron chi connectivity index (χ3n) is 3.43. The predicted octanol–water partition coefficient (Wildman–Crippen LogP) is 2.17. The summed E-state index contributed by atoms with van der Waals surface area (Å²) in [5, 5.41) is 7.80. The summed E-state index contributed by atoms with van der Waals surface area (Å²) in [6.45, 7) is 5.24. The van der Waals surface area contributed by atoms with Gasteiger partial charge in [-0.3, -0.25) is 9.48 Å². The molecule has 3 heterocycles. The molecular formula is C16H18N6OS. The Balaban J connectivity index is 1.62. The van der Waals surface area contributed by atoms with Gasteiger partial charge in [-0.05, 0) is 25.0 Å². The molecule has 0 bridgehead atoms. The fourth-order valence-corrected chi connectivity index (χ4v) is 3.18. The predicted molar refractivity (Wildman–Crippen MR) is 91.6 cm³/mol. The van der Waals surface area contributed by atoms with Gasteiger partial charge >= 0.3 is 0 Å². The quantitative estimate of drug-likeness (QED) is 0.742. The highest BCUT2D eigenvalue weighted by Gasteiger charge is 2.17. The van der Waals surface area contributed by atoms with Crippen LogP contribution < -0.4 is 5.32 Å². The largest absolute Gasteiger partial charge is 0.351 e. The molecule has 0 radical (unpaired) electrons. The normalized spacial score (nSPS) is 12.1. The van der Waals surface area contributed by atoms with E-state index in [-0.39, 0.29) is 11.8 Å². The minimum Gasteiger partial charge on any atom is -0.351 e. The number of carbonyl (C=O) groups excluding carboxylic acids is 1. The molecule has 7 nitrogen and oxygen atoms in total. The number of aryl methyl sites for hydroxylation is 1. The van der Waals surface area contributed by atoms with E-state index < -0.39 is 0 Å². The van der Waals surface area contributed by atoms with Crippen molar-refractivity contribution in [3.63, 3.8) is 0 Å². The lowest BCUT2D eigenvalue weighted by molar-refractivity contribution is 0.0950. The van der Waals surface area contributed by atoms with Crippen LogP contribution in [0.3, 0.4) is 0 Å². The average Bonchev–Trinajstić information content (AvgIpc) is 3.23. The van der Waals surface area contributed by atoms with Gasteiger partial charge in [0.1, 0.15) is 4.88 Å². The Morgan fingerprint density at radius 3 is 2.79 bits per heavy atom. The van der Waals surface area contributed by atoms with Crippen LogP contribution in [0.2, 0.25) is 0 Å². The molecule has 3 aromatic rings. The van der Waals surface area contributed by atoms with Crippen LogP contribution in [0.25, 0.3) is 10.8 Å². The molecule has 0 spiro atoms. The van der Waals surface area contributed by atoms with Gasteiger partial charge in [-0.15, -0.1) is 11.3 Å². The Morgan fingerprint density at radius 2 is 2.08 bits per heavy atom. The van der Waals surface area contributed by atoms with Gasteiger partial charge in [0.05, 0.1) is 5.69 Å². The molecule has 0 aromatic carbocycles. The highest BCUT2D eigenvalue weighted by atomic mass is 32.1. The first-order chi connectivity index (χ1) is 11.6. The lowest BCUT2D eigenvalue weighted by Crippen LogP contribution is -2.30. The van der Waals surface area contributed by atoms with Crippen LogP contribution in [0.15, 0.2) is 36.9 Å². The fraction of sp³-hybridized carbons (Fsp3) is 0.312. The molecule has 0 aliphatic carbocycles. The van der Waals surface area contributed by atoms with Crippen molar-refractivity contribution in [3.05, 3.63) is 47.5 Å². The van der Waals surface area contributed by atoms with Gasteiger partial charge in [-0.25, -0.2) is 15.0 Å². The first kappa shape index (κ1) is 16.3. The number of thiazole rings is 1. The van der Waals surface area contributed by atoms with Crippen LogP contribution in [0, 0.1) is 12.8 Å². The number of hydrogen-bond acceptors (Lipinski definition) is 6. The standard InChI is InChI=1S/C16H18N6OS/c1-11(10-22-8-4-7-20-22)9-19-15(23)13-12(2)21-16(24-13)14-17-5-3-6-18-14/h3-8,11H,9-10H2,1-2H3,(H,19,23). The Morgan fingerprint density at radius 1 is 1.29 bits per heavy atom. The summed E-state index contributed by atoms with van der Waals surface area (Å²) >= 11 is 1.31. The molecule has 1 amide bonds. The van der Waals surface area contributed by atoms with Gasteiger partial charge in [0.25, 0.3) is 5.91 Å². The van der Waals surface area contributed by atoms with E-state index in [0.717, 1.165) is 6.54 Å². The first-order valence-corrected chi connectivity index (χ1v) is 8.45. The third kappa shape index (κ3) is 3.83. The number of nitrogens with zero attached hydrogens (tertiary/aromatic N) is 5. The monoisotopic (exact) mass is 342 g/mol. The first-order valence-electron chi connectivity index (χ1n) is 7.64. The molecule has 0 saturated carbocycles. The van der Waals surface area contributed by atoms with Crippen LogP contribution >= 0.6 is 11.3 Å². The summed E-state index contributed by atoms with van der Waals surface area (Å²) < 4.78 is 1.86. The highest BCUT2D eigenvalue weighted by Crippen LogP contribution is 2.24. The lowest BCUT2D eigenvalue weighted by Gasteiger charge is -2.12. The summed E-state index contributed by atoms with van der Waals surface area (Å²) in [6, 6.07) is 3.64. The zero-order chi connectivity index (χ0) is 16.9. The molecule has 3 aromatic heterocycles. The fourth-order valence-electron chi connectivity index (χ4n) is 2.25. The van der Waals surface area contributed by atoms with E-state index in [0.29, 0.717) is 27.9 Å². The summed E-state index contributed by atoms with van der Waals surface area (Å²) in [4.78, 5) is 25.8. The van der Waals surface area contributed by atoms with Crippen molar-refractivity contribution >= 4 is 17.2 Å². The van der Waals surface area contributed by atoms with Crippen molar-refractivity contribution < 1.29 is 4.79 Å². The topological polar surface area (TPSA) is 85.6 Å². The maximum Gasteiger partial charge on any atom is 0.263 e. The van der Waals surface area contributed by atoms with E-state index >= 15 is 0 Å². The molecule has 0 saturated heterocycles. The Kier molecular flexibility index (Phi) is 4.95. The summed E-state index contributed by atoms with van der Waals surface area (Å²) in [5.74, 6) is 0.704. The number of nitrogens with one attached hydrogen (secondary N) is 1. The number of amides is 1. The third-order valence-corrected chi connectivity index (χ3v) is 4.58. The molecule has 1 N–H and O–H groups in total. The van der Waals surface area contributed by atoms with Crippen molar-refractivity contribution in [1.29, 1.82) is 0 Å². The van der Waals surface area contributed by atoms with E-state index in [9.17, 15) is 4.79 Å². The minimum atomic E-state index is -0.112. The van der Waals surface area contributed by atoms with Gasteiger partial charge in [0.2, 0.25) is 0 Å². The second-order valence-corrected chi connectivity index (χ2v) is 6.55.